The van der Waals surface area contributed by atoms with E-state index in [-0.39, 0.29) is 10.9 Å². The number of primary amides is 1. The van der Waals surface area contributed by atoms with Crippen molar-refractivity contribution in [2.24, 2.45) is 5.73 Å². The van der Waals surface area contributed by atoms with Crippen LogP contribution in [0.1, 0.15) is 10.5 Å². The lowest BCUT2D eigenvalue weighted by Crippen LogP contribution is -2.10. The van der Waals surface area contributed by atoms with Crippen LogP contribution in [0.3, 0.4) is 0 Å². The highest BCUT2D eigenvalue weighted by Gasteiger charge is 2.05. The molecule has 47 valence electrons. The van der Waals surface area contributed by atoms with Crippen LogP contribution in [0.15, 0.2) is 5.38 Å². The molecule has 0 bridgehead atoms. The van der Waals surface area contributed by atoms with E-state index in [1.165, 1.54) is 5.38 Å². The molecule has 1 aromatic heterocycles. The smallest absolute Gasteiger partial charge is 0.327 e. The molecule has 9 heavy (non-hydrogen) atoms. The largest absolute Gasteiger partial charge is 0.364 e. The molecule has 1 amide bonds. The Morgan fingerprint density at radius 3 is 2.67 bits per heavy atom. The summed E-state index contributed by atoms with van der Waals surface area (Å²) in [5.41, 5.74) is 4.84. The van der Waals surface area contributed by atoms with Gasteiger partial charge in [-0.05, 0) is 0 Å². The van der Waals surface area contributed by atoms with Gasteiger partial charge < -0.3 is 5.73 Å². The van der Waals surface area contributed by atoms with Gasteiger partial charge in [-0.25, -0.2) is 0 Å². The van der Waals surface area contributed by atoms with E-state index < -0.39 is 5.91 Å². The van der Waals surface area contributed by atoms with Gasteiger partial charge in [0.15, 0.2) is 0 Å². The molecule has 1 radical (unpaired) electrons. The molecule has 0 aliphatic heterocycles. The number of amides is 1. The second-order valence-corrected chi connectivity index (χ2v) is 2.18. The Morgan fingerprint density at radius 2 is 2.44 bits per heavy atom. The molecular formula is C4H3N2O2S. The molecule has 0 unspecified atom stereocenters. The zero-order valence-electron chi connectivity index (χ0n) is 4.33. The number of carbonyl (C=O) groups is 1. The van der Waals surface area contributed by atoms with Crippen LogP contribution in [0, 0.1) is 0 Å². The molecule has 0 aliphatic carbocycles. The second kappa shape index (κ2) is 2.02. The van der Waals surface area contributed by atoms with Crippen molar-refractivity contribution >= 4 is 17.2 Å². The molecule has 5 heteroatoms. The Morgan fingerprint density at radius 1 is 1.78 bits per heavy atom. The minimum Gasteiger partial charge on any atom is -0.364 e. The van der Waals surface area contributed by atoms with Gasteiger partial charge in [-0.1, -0.05) is 11.3 Å². The predicted molar refractivity (Wildman–Crippen MR) is 30.8 cm³/mol. The topological polar surface area (TPSA) is 75.9 Å². The Balaban J connectivity index is 2.98. The SMILES string of the molecule is NC(=O)c1csc([O])n1. The first-order chi connectivity index (χ1) is 4.20. The molecular weight excluding hydrogens is 140 g/mol. The Kier molecular flexibility index (Phi) is 1.35. The van der Waals surface area contributed by atoms with E-state index in [1.54, 1.807) is 0 Å². The van der Waals surface area contributed by atoms with E-state index in [2.05, 4.69) is 4.98 Å². The molecule has 4 nitrogen and oxygen atoms in total. The number of rotatable bonds is 1. The quantitative estimate of drug-likeness (QED) is 0.617. The Hall–Kier alpha value is -1.10. The van der Waals surface area contributed by atoms with E-state index in [0.29, 0.717) is 0 Å². The number of carbonyl (C=O) groups excluding carboxylic acids is 1. The highest BCUT2D eigenvalue weighted by molar-refractivity contribution is 7.11. The maximum absolute atomic E-state index is 10.3. The van der Waals surface area contributed by atoms with Crippen LogP contribution in [0.25, 0.3) is 0 Å². The first-order valence-corrected chi connectivity index (χ1v) is 3.00. The lowest BCUT2D eigenvalue weighted by atomic mass is 10.5. The van der Waals surface area contributed by atoms with Gasteiger partial charge in [-0.3, -0.25) is 9.90 Å². The third kappa shape index (κ3) is 1.17. The minimum atomic E-state index is -0.659. The molecule has 1 rings (SSSR count). The first-order valence-electron chi connectivity index (χ1n) is 2.12. The van der Waals surface area contributed by atoms with E-state index in [1.807, 2.05) is 0 Å². The third-order valence-corrected chi connectivity index (χ3v) is 1.37. The van der Waals surface area contributed by atoms with E-state index >= 15 is 0 Å². The van der Waals surface area contributed by atoms with Gasteiger partial charge in [0.25, 0.3) is 5.91 Å². The molecule has 0 atom stereocenters. The lowest BCUT2D eigenvalue weighted by Gasteiger charge is -1.79. The van der Waals surface area contributed by atoms with E-state index in [9.17, 15) is 9.90 Å². The Bertz CT molecular complexity index is 232. The fraction of sp³-hybridized carbons (Fsp3) is 0. The monoisotopic (exact) mass is 143 g/mol. The minimum absolute atomic E-state index is 0.0463. The number of aromatic nitrogens is 1. The van der Waals surface area contributed by atoms with Gasteiger partial charge in [-0.15, -0.1) is 0 Å². The lowest BCUT2D eigenvalue weighted by molar-refractivity contribution is 0.0995. The van der Waals surface area contributed by atoms with Gasteiger partial charge in [0.05, 0.1) is 0 Å². The van der Waals surface area contributed by atoms with Crippen molar-refractivity contribution in [2.75, 3.05) is 0 Å². The van der Waals surface area contributed by atoms with E-state index in [4.69, 9.17) is 5.73 Å². The first kappa shape index (κ1) is 6.03. The summed E-state index contributed by atoms with van der Waals surface area (Å²) in [6.07, 6.45) is 0. The second-order valence-electron chi connectivity index (χ2n) is 1.36. The van der Waals surface area contributed by atoms with Crippen LogP contribution in [0.2, 0.25) is 0 Å². The maximum atomic E-state index is 10.3. The summed E-state index contributed by atoms with van der Waals surface area (Å²) >= 11 is 0.865. The highest BCUT2D eigenvalue weighted by Crippen LogP contribution is 2.15. The van der Waals surface area contributed by atoms with Crippen molar-refractivity contribution < 1.29 is 9.90 Å². The number of nitrogens with zero attached hydrogens (tertiary/aromatic N) is 1. The number of thiazole rings is 1. The molecule has 1 heterocycles. The summed E-state index contributed by atoms with van der Waals surface area (Å²) in [5, 5.41) is 11.2. The zero-order chi connectivity index (χ0) is 6.85. The van der Waals surface area contributed by atoms with Crippen molar-refractivity contribution in [3.05, 3.63) is 11.1 Å². The van der Waals surface area contributed by atoms with Crippen molar-refractivity contribution in [3.8, 4) is 5.19 Å². The standard InChI is InChI=1S/C4H3N2O2S/c5-3(7)2-1-9-4(8)6-2/h1H,(H2,5,7). The average Bonchev–Trinajstić information content (AvgIpc) is 2.14. The highest BCUT2D eigenvalue weighted by atomic mass is 32.1. The van der Waals surface area contributed by atoms with Gasteiger partial charge >= 0.3 is 5.19 Å². The van der Waals surface area contributed by atoms with Gasteiger partial charge in [0.2, 0.25) is 0 Å². The molecule has 0 aromatic carbocycles. The molecule has 0 aliphatic rings. The van der Waals surface area contributed by atoms with Crippen molar-refractivity contribution in [1.29, 1.82) is 0 Å². The zero-order valence-corrected chi connectivity index (χ0v) is 5.14. The normalized spacial score (nSPS) is 9.33. The summed E-state index contributed by atoms with van der Waals surface area (Å²) in [4.78, 5) is 13.5. The van der Waals surface area contributed by atoms with Crippen molar-refractivity contribution in [2.45, 2.75) is 0 Å². The summed E-state index contributed by atoms with van der Waals surface area (Å²) in [6, 6.07) is 0. The molecule has 0 saturated carbocycles. The van der Waals surface area contributed by atoms with Crippen LogP contribution >= 0.6 is 11.3 Å². The maximum Gasteiger partial charge on any atom is 0.327 e. The van der Waals surface area contributed by atoms with Gasteiger partial charge in [-0.2, -0.15) is 4.98 Å². The summed E-state index contributed by atoms with van der Waals surface area (Å²) < 4.78 is 0. The fourth-order valence-electron chi connectivity index (χ4n) is 0.370. The van der Waals surface area contributed by atoms with E-state index in [0.717, 1.165) is 11.3 Å². The Labute approximate surface area is 55.0 Å². The molecule has 0 saturated heterocycles. The number of hydrogen-bond acceptors (Lipinski definition) is 3. The van der Waals surface area contributed by atoms with Crippen LogP contribution in [-0.4, -0.2) is 10.9 Å². The van der Waals surface area contributed by atoms with Crippen molar-refractivity contribution in [1.82, 2.24) is 4.98 Å². The average molecular weight is 143 g/mol. The fourth-order valence-corrected chi connectivity index (χ4v) is 0.903. The molecule has 0 fully saturated rings. The van der Waals surface area contributed by atoms with Gasteiger partial charge in [0.1, 0.15) is 5.69 Å². The van der Waals surface area contributed by atoms with Crippen LogP contribution in [0.5, 0.6) is 5.19 Å². The van der Waals surface area contributed by atoms with Crippen LogP contribution in [-0.2, 0) is 5.11 Å². The predicted octanol–water partition coefficient (Wildman–Crippen LogP) is 0.386. The summed E-state index contributed by atoms with van der Waals surface area (Å²) in [7, 11) is 0. The van der Waals surface area contributed by atoms with Crippen LogP contribution < -0.4 is 5.73 Å². The third-order valence-electron chi connectivity index (χ3n) is 0.736. The van der Waals surface area contributed by atoms with Crippen LogP contribution in [0.4, 0.5) is 0 Å². The molecule has 1 aromatic rings. The number of hydrogen-bond donors (Lipinski definition) is 1. The number of nitrogens with two attached hydrogens (primary N) is 1. The summed E-state index contributed by atoms with van der Waals surface area (Å²) in [6.45, 7) is 0. The summed E-state index contributed by atoms with van der Waals surface area (Å²) in [5.74, 6) is -0.659. The molecule has 2 N–H and O–H groups in total. The molecule has 0 spiro atoms. The van der Waals surface area contributed by atoms with Crippen molar-refractivity contribution in [3.63, 3.8) is 0 Å². The van der Waals surface area contributed by atoms with Gasteiger partial charge in [0, 0.05) is 5.38 Å².